The van der Waals surface area contributed by atoms with E-state index in [2.05, 4.69) is 13.8 Å². The molecule has 11 heavy (non-hydrogen) atoms. The zero-order chi connectivity index (χ0) is 7.84. The fraction of sp³-hybridized carbons (Fsp3) is 1.00. The summed E-state index contributed by atoms with van der Waals surface area (Å²) < 4.78 is 5.54. The molecule has 2 fully saturated rings. The summed E-state index contributed by atoms with van der Waals surface area (Å²) in [5.74, 6) is 1.92. The average Bonchev–Trinajstić information content (AvgIpc) is 2.79. The van der Waals surface area contributed by atoms with E-state index in [1.54, 1.807) is 0 Å². The molecule has 1 nitrogen and oxygen atoms in total. The maximum absolute atomic E-state index is 5.54. The molecule has 2 rings (SSSR count). The van der Waals surface area contributed by atoms with Crippen LogP contribution < -0.4 is 0 Å². The second-order valence-electron chi connectivity index (χ2n) is 4.02. The highest BCUT2D eigenvalue weighted by Crippen LogP contribution is 2.44. The van der Waals surface area contributed by atoms with Gasteiger partial charge in [-0.1, -0.05) is 26.7 Å². The summed E-state index contributed by atoms with van der Waals surface area (Å²) >= 11 is 0. The van der Waals surface area contributed by atoms with E-state index in [-0.39, 0.29) is 0 Å². The summed E-state index contributed by atoms with van der Waals surface area (Å²) in [5, 5.41) is 0. The monoisotopic (exact) mass is 154 g/mol. The molecule has 4 atom stereocenters. The average molecular weight is 154 g/mol. The molecule has 0 aromatic heterocycles. The van der Waals surface area contributed by atoms with Gasteiger partial charge in [0.1, 0.15) is 0 Å². The second kappa shape index (κ2) is 2.78. The Morgan fingerprint density at radius 3 is 1.82 bits per heavy atom. The first kappa shape index (κ1) is 7.60. The lowest BCUT2D eigenvalue weighted by atomic mass is 9.77. The van der Waals surface area contributed by atoms with Crippen molar-refractivity contribution in [3.05, 3.63) is 0 Å². The summed E-state index contributed by atoms with van der Waals surface area (Å²) in [6.07, 6.45) is 6.74. The molecule has 1 heterocycles. The molecule has 0 aromatic rings. The molecule has 0 aromatic carbocycles. The molecule has 0 spiro atoms. The fourth-order valence-electron chi connectivity index (χ4n) is 2.58. The summed E-state index contributed by atoms with van der Waals surface area (Å²) in [7, 11) is 0. The van der Waals surface area contributed by atoms with Gasteiger partial charge in [-0.15, -0.1) is 0 Å². The summed E-state index contributed by atoms with van der Waals surface area (Å²) in [4.78, 5) is 0. The molecule has 1 saturated heterocycles. The lowest BCUT2D eigenvalue weighted by Crippen LogP contribution is -2.23. The van der Waals surface area contributed by atoms with Crippen LogP contribution in [0.4, 0.5) is 0 Å². The van der Waals surface area contributed by atoms with E-state index >= 15 is 0 Å². The molecule has 1 heteroatoms. The van der Waals surface area contributed by atoms with E-state index in [1.807, 2.05) is 0 Å². The molecule has 4 unspecified atom stereocenters. The van der Waals surface area contributed by atoms with Crippen LogP contribution in [0.5, 0.6) is 0 Å². The Morgan fingerprint density at radius 1 is 1.00 bits per heavy atom. The van der Waals surface area contributed by atoms with Crippen molar-refractivity contribution in [1.29, 1.82) is 0 Å². The van der Waals surface area contributed by atoms with Crippen LogP contribution in [0.25, 0.3) is 0 Å². The Kier molecular flexibility index (Phi) is 1.92. The van der Waals surface area contributed by atoms with Gasteiger partial charge in [0.15, 0.2) is 0 Å². The molecule has 1 aliphatic heterocycles. The molecule has 1 saturated carbocycles. The van der Waals surface area contributed by atoms with Crippen LogP contribution in [0.15, 0.2) is 0 Å². The number of rotatable bonds is 2. The smallest absolute Gasteiger partial charge is 0.0844 e. The van der Waals surface area contributed by atoms with Crippen molar-refractivity contribution in [2.24, 2.45) is 11.8 Å². The Morgan fingerprint density at radius 2 is 1.45 bits per heavy atom. The molecule has 2 aliphatic rings. The Hall–Kier alpha value is -0.0400. The van der Waals surface area contributed by atoms with Gasteiger partial charge in [-0.05, 0) is 24.7 Å². The minimum absolute atomic E-state index is 0.669. The van der Waals surface area contributed by atoms with Crippen LogP contribution >= 0.6 is 0 Å². The Labute approximate surface area is 69.1 Å². The Balaban J connectivity index is 1.94. The predicted octanol–water partition coefficient (Wildman–Crippen LogP) is 2.60. The molecule has 0 radical (unpaired) electrons. The van der Waals surface area contributed by atoms with Gasteiger partial charge in [-0.3, -0.25) is 0 Å². The second-order valence-corrected chi connectivity index (χ2v) is 4.02. The molecule has 1 aliphatic carbocycles. The van der Waals surface area contributed by atoms with Gasteiger partial charge in [0.2, 0.25) is 0 Å². The molecule has 0 bridgehead atoms. The maximum Gasteiger partial charge on any atom is 0.0844 e. The SMILES string of the molecule is CCC1CC2OC2CC1CC. The largest absolute Gasteiger partial charge is 0.370 e. The van der Waals surface area contributed by atoms with Crippen molar-refractivity contribution in [3.63, 3.8) is 0 Å². The van der Waals surface area contributed by atoms with Crippen molar-refractivity contribution >= 4 is 0 Å². The number of hydrogen-bond donors (Lipinski definition) is 0. The zero-order valence-corrected chi connectivity index (χ0v) is 7.55. The summed E-state index contributed by atoms with van der Waals surface area (Å²) in [6.45, 7) is 4.63. The van der Waals surface area contributed by atoms with Crippen molar-refractivity contribution in [3.8, 4) is 0 Å². The molecular formula is C10H18O. The van der Waals surface area contributed by atoms with E-state index in [0.29, 0.717) is 12.2 Å². The maximum atomic E-state index is 5.54. The molecular weight excluding hydrogens is 136 g/mol. The van der Waals surface area contributed by atoms with Gasteiger partial charge in [0.05, 0.1) is 12.2 Å². The number of hydrogen-bond acceptors (Lipinski definition) is 1. The third kappa shape index (κ3) is 1.31. The first-order valence-corrected chi connectivity index (χ1v) is 5.00. The third-order valence-corrected chi connectivity index (χ3v) is 3.47. The quantitative estimate of drug-likeness (QED) is 0.557. The lowest BCUT2D eigenvalue weighted by Gasteiger charge is -2.27. The van der Waals surface area contributed by atoms with Gasteiger partial charge >= 0.3 is 0 Å². The Bertz CT molecular complexity index is 128. The molecule has 64 valence electrons. The van der Waals surface area contributed by atoms with Crippen LogP contribution in [-0.4, -0.2) is 12.2 Å². The normalized spacial score (nSPS) is 48.5. The van der Waals surface area contributed by atoms with E-state index in [4.69, 9.17) is 4.74 Å². The van der Waals surface area contributed by atoms with Gasteiger partial charge < -0.3 is 4.74 Å². The standard InChI is InChI=1S/C10H18O/c1-3-7-5-9-10(11-9)6-8(7)4-2/h7-10H,3-6H2,1-2H3. The van der Waals surface area contributed by atoms with E-state index in [9.17, 15) is 0 Å². The van der Waals surface area contributed by atoms with Crippen LogP contribution in [0, 0.1) is 11.8 Å². The topological polar surface area (TPSA) is 12.5 Å². The van der Waals surface area contributed by atoms with Crippen molar-refractivity contribution in [2.45, 2.75) is 51.7 Å². The van der Waals surface area contributed by atoms with Crippen molar-refractivity contribution in [1.82, 2.24) is 0 Å². The van der Waals surface area contributed by atoms with E-state index in [1.165, 1.54) is 25.7 Å². The minimum Gasteiger partial charge on any atom is -0.370 e. The first-order chi connectivity index (χ1) is 5.35. The minimum atomic E-state index is 0.669. The van der Waals surface area contributed by atoms with Gasteiger partial charge in [0.25, 0.3) is 0 Å². The van der Waals surface area contributed by atoms with Gasteiger partial charge in [0, 0.05) is 0 Å². The van der Waals surface area contributed by atoms with Crippen LogP contribution in [0.3, 0.4) is 0 Å². The number of epoxide rings is 1. The molecule has 0 amide bonds. The highest BCUT2D eigenvalue weighted by Gasteiger charge is 2.46. The third-order valence-electron chi connectivity index (χ3n) is 3.47. The number of ether oxygens (including phenoxy) is 1. The number of fused-ring (bicyclic) bond motifs is 1. The van der Waals surface area contributed by atoms with Crippen LogP contribution in [-0.2, 0) is 4.74 Å². The highest BCUT2D eigenvalue weighted by molar-refractivity contribution is 4.94. The first-order valence-electron chi connectivity index (χ1n) is 5.00. The van der Waals surface area contributed by atoms with Crippen molar-refractivity contribution in [2.75, 3.05) is 0 Å². The lowest BCUT2D eigenvalue weighted by molar-refractivity contribution is 0.249. The molecule has 0 N–H and O–H groups in total. The summed E-state index contributed by atoms with van der Waals surface area (Å²) in [5.41, 5.74) is 0. The van der Waals surface area contributed by atoms with Gasteiger partial charge in [-0.2, -0.15) is 0 Å². The van der Waals surface area contributed by atoms with Crippen molar-refractivity contribution < 1.29 is 4.74 Å². The van der Waals surface area contributed by atoms with Crippen LogP contribution in [0.2, 0.25) is 0 Å². The zero-order valence-electron chi connectivity index (χ0n) is 7.55. The highest BCUT2D eigenvalue weighted by atomic mass is 16.6. The fourth-order valence-corrected chi connectivity index (χ4v) is 2.58. The van der Waals surface area contributed by atoms with E-state index < -0.39 is 0 Å². The summed E-state index contributed by atoms with van der Waals surface area (Å²) in [6, 6.07) is 0. The van der Waals surface area contributed by atoms with Gasteiger partial charge in [-0.25, -0.2) is 0 Å². The predicted molar refractivity (Wildman–Crippen MR) is 45.5 cm³/mol. The van der Waals surface area contributed by atoms with E-state index in [0.717, 1.165) is 11.8 Å². The van der Waals surface area contributed by atoms with Crippen LogP contribution in [0.1, 0.15) is 39.5 Å².